The lowest BCUT2D eigenvalue weighted by Gasteiger charge is -2.19. The Morgan fingerprint density at radius 3 is 2.67 bits per heavy atom. The van der Waals surface area contributed by atoms with Crippen LogP contribution in [-0.2, 0) is 16.4 Å². The number of rotatable bonds is 6. The largest absolute Gasteiger partial charge is 0.467 e. The first-order chi connectivity index (χ1) is 14.4. The van der Waals surface area contributed by atoms with E-state index in [1.807, 2.05) is 24.5 Å². The summed E-state index contributed by atoms with van der Waals surface area (Å²) in [5.41, 5.74) is 1.11. The highest BCUT2D eigenvalue weighted by atomic mass is 32.2. The van der Waals surface area contributed by atoms with Crippen LogP contribution in [-0.4, -0.2) is 31.8 Å². The molecule has 9 heteroatoms. The van der Waals surface area contributed by atoms with Gasteiger partial charge in [-0.3, -0.25) is 9.69 Å². The normalized spacial score (nSPS) is 11.7. The molecular weight excluding hydrogens is 440 g/mol. The molecule has 154 valence electrons. The smallest absolute Gasteiger partial charge is 0.260 e. The van der Waals surface area contributed by atoms with Gasteiger partial charge in [0.1, 0.15) is 5.76 Å². The van der Waals surface area contributed by atoms with Gasteiger partial charge in [0.15, 0.2) is 15.0 Å². The van der Waals surface area contributed by atoms with Crippen molar-refractivity contribution in [3.8, 4) is 0 Å². The maximum absolute atomic E-state index is 13.4. The van der Waals surface area contributed by atoms with Crippen molar-refractivity contribution in [2.24, 2.45) is 0 Å². The highest BCUT2D eigenvalue weighted by Crippen LogP contribution is 2.35. The summed E-state index contributed by atoms with van der Waals surface area (Å²) in [4.78, 5) is 20.8. The average Bonchev–Trinajstić information content (AvgIpc) is 3.40. The maximum Gasteiger partial charge on any atom is 0.260 e. The van der Waals surface area contributed by atoms with E-state index in [0.717, 1.165) is 21.4 Å². The van der Waals surface area contributed by atoms with Gasteiger partial charge in [-0.2, -0.15) is 0 Å². The Morgan fingerprint density at radius 1 is 1.17 bits per heavy atom. The van der Waals surface area contributed by atoms with Crippen LogP contribution in [0.5, 0.6) is 0 Å². The van der Waals surface area contributed by atoms with Gasteiger partial charge in [-0.05, 0) is 48.7 Å². The number of carbonyl (C=O) groups excluding carboxylic acids is 1. The first-order valence-electron chi connectivity index (χ1n) is 8.95. The first kappa shape index (κ1) is 20.6. The summed E-state index contributed by atoms with van der Waals surface area (Å²) >= 11 is 3.00. The number of benzene rings is 2. The van der Waals surface area contributed by atoms with Gasteiger partial charge < -0.3 is 4.42 Å². The molecule has 2 aromatic carbocycles. The molecular formula is C21H18N2O4S3. The lowest BCUT2D eigenvalue weighted by Crippen LogP contribution is -2.30. The van der Waals surface area contributed by atoms with Crippen molar-refractivity contribution in [2.45, 2.75) is 16.3 Å². The maximum atomic E-state index is 13.4. The van der Waals surface area contributed by atoms with Crippen LogP contribution < -0.4 is 4.90 Å². The van der Waals surface area contributed by atoms with Crippen LogP contribution in [0.3, 0.4) is 0 Å². The third kappa shape index (κ3) is 4.14. The fraction of sp³-hybridized carbons (Fsp3) is 0.143. The van der Waals surface area contributed by atoms with E-state index in [2.05, 4.69) is 0 Å². The summed E-state index contributed by atoms with van der Waals surface area (Å²) in [6, 6.07) is 15.5. The van der Waals surface area contributed by atoms with E-state index >= 15 is 0 Å². The fourth-order valence-electron chi connectivity index (χ4n) is 2.99. The van der Waals surface area contributed by atoms with Crippen molar-refractivity contribution >= 4 is 54.2 Å². The van der Waals surface area contributed by atoms with Gasteiger partial charge in [0.25, 0.3) is 5.91 Å². The highest BCUT2D eigenvalue weighted by molar-refractivity contribution is 7.98. The van der Waals surface area contributed by atoms with Crippen molar-refractivity contribution in [3.63, 3.8) is 0 Å². The molecule has 1 amide bonds. The molecule has 4 rings (SSSR count). The number of amides is 1. The number of hydrogen-bond acceptors (Lipinski definition) is 7. The van der Waals surface area contributed by atoms with Crippen molar-refractivity contribution in [1.82, 2.24) is 4.98 Å². The Balaban J connectivity index is 1.80. The van der Waals surface area contributed by atoms with Crippen molar-refractivity contribution in [2.75, 3.05) is 17.4 Å². The van der Waals surface area contributed by atoms with Crippen molar-refractivity contribution in [1.29, 1.82) is 0 Å². The summed E-state index contributed by atoms with van der Waals surface area (Å²) < 4.78 is 30.3. The SMILES string of the molecule is CSc1cccc2sc(N(Cc3ccco3)C(=O)c3cccc(S(C)(=O)=O)c3)nc12. The summed E-state index contributed by atoms with van der Waals surface area (Å²) in [6.07, 6.45) is 4.65. The molecule has 2 heterocycles. The lowest BCUT2D eigenvalue weighted by molar-refractivity contribution is 0.0983. The topological polar surface area (TPSA) is 80.5 Å². The zero-order valence-corrected chi connectivity index (χ0v) is 18.7. The second-order valence-electron chi connectivity index (χ2n) is 6.57. The predicted molar refractivity (Wildman–Crippen MR) is 120 cm³/mol. The molecule has 0 bridgehead atoms. The minimum Gasteiger partial charge on any atom is -0.467 e. The monoisotopic (exact) mass is 458 g/mol. The van der Waals surface area contributed by atoms with Gasteiger partial charge >= 0.3 is 0 Å². The van der Waals surface area contributed by atoms with E-state index in [4.69, 9.17) is 9.40 Å². The molecule has 0 spiro atoms. The summed E-state index contributed by atoms with van der Waals surface area (Å²) in [6.45, 7) is 0.184. The van der Waals surface area contributed by atoms with E-state index in [0.29, 0.717) is 10.9 Å². The van der Waals surface area contributed by atoms with Gasteiger partial charge in [0.2, 0.25) is 0 Å². The molecule has 30 heavy (non-hydrogen) atoms. The Hall–Kier alpha value is -2.62. The average molecular weight is 459 g/mol. The Morgan fingerprint density at radius 2 is 1.97 bits per heavy atom. The number of aromatic nitrogens is 1. The standard InChI is InChI=1S/C21H18N2O4S3/c1-28-17-9-4-10-18-19(17)22-21(29-18)23(13-15-7-5-11-27-15)20(24)14-6-3-8-16(12-14)30(2,25)26/h3-12H,13H2,1-2H3. The molecule has 0 saturated heterocycles. The molecule has 0 N–H and O–H groups in total. The van der Waals surface area contributed by atoms with Crippen LogP contribution in [0.2, 0.25) is 0 Å². The molecule has 0 aliphatic heterocycles. The van der Waals surface area contributed by atoms with E-state index in [9.17, 15) is 13.2 Å². The fourth-order valence-corrected chi connectivity index (χ4v) is 5.28. The molecule has 0 radical (unpaired) electrons. The van der Waals surface area contributed by atoms with Gasteiger partial charge in [-0.15, -0.1) is 11.8 Å². The van der Waals surface area contributed by atoms with E-state index < -0.39 is 9.84 Å². The van der Waals surface area contributed by atoms with E-state index in [1.165, 1.54) is 28.4 Å². The minimum atomic E-state index is -3.43. The number of fused-ring (bicyclic) bond motifs is 1. The van der Waals surface area contributed by atoms with Crippen LogP contribution in [0.25, 0.3) is 10.2 Å². The molecule has 2 aromatic heterocycles. The zero-order valence-electron chi connectivity index (χ0n) is 16.2. The molecule has 0 aliphatic carbocycles. The molecule has 0 atom stereocenters. The molecule has 0 fully saturated rings. The number of nitrogens with zero attached hydrogens (tertiary/aromatic N) is 2. The van der Waals surface area contributed by atoms with Crippen LogP contribution in [0.4, 0.5) is 5.13 Å². The number of thioether (sulfide) groups is 1. The number of sulfone groups is 1. The van der Waals surface area contributed by atoms with E-state index in [-0.39, 0.29) is 22.9 Å². The molecule has 4 aromatic rings. The van der Waals surface area contributed by atoms with Crippen LogP contribution in [0.1, 0.15) is 16.1 Å². The lowest BCUT2D eigenvalue weighted by atomic mass is 10.2. The van der Waals surface area contributed by atoms with Crippen molar-refractivity contribution in [3.05, 3.63) is 72.2 Å². The molecule has 0 aliphatic rings. The number of thiazole rings is 1. The molecule has 0 unspecified atom stereocenters. The second-order valence-corrected chi connectivity index (χ2v) is 10.4. The predicted octanol–water partition coefficient (Wildman–Crippen LogP) is 4.86. The zero-order chi connectivity index (χ0) is 21.3. The van der Waals surface area contributed by atoms with E-state index in [1.54, 1.807) is 42.3 Å². The second kappa shape index (κ2) is 8.25. The number of para-hydroxylation sites is 1. The summed E-state index contributed by atoms with van der Waals surface area (Å²) in [5, 5.41) is 0.526. The Bertz CT molecular complexity index is 1310. The molecule has 6 nitrogen and oxygen atoms in total. The van der Waals surface area contributed by atoms with Crippen LogP contribution >= 0.6 is 23.1 Å². The molecule has 0 saturated carbocycles. The van der Waals surface area contributed by atoms with Gasteiger partial charge in [0, 0.05) is 16.7 Å². The number of hydrogen-bond donors (Lipinski definition) is 0. The third-order valence-electron chi connectivity index (χ3n) is 4.47. The van der Waals surface area contributed by atoms with Gasteiger partial charge in [-0.25, -0.2) is 13.4 Å². The number of carbonyl (C=O) groups is 1. The van der Waals surface area contributed by atoms with Crippen molar-refractivity contribution < 1.29 is 17.6 Å². The van der Waals surface area contributed by atoms with Gasteiger partial charge in [-0.1, -0.05) is 23.5 Å². The summed E-state index contributed by atoms with van der Waals surface area (Å²) in [7, 11) is -3.43. The summed E-state index contributed by atoms with van der Waals surface area (Å²) in [5.74, 6) is 0.258. The third-order valence-corrected chi connectivity index (χ3v) is 7.39. The Kier molecular flexibility index (Phi) is 5.68. The quantitative estimate of drug-likeness (QED) is 0.384. The number of furan rings is 1. The first-order valence-corrected chi connectivity index (χ1v) is 12.9. The Labute approximate surface area is 182 Å². The number of anilines is 1. The highest BCUT2D eigenvalue weighted by Gasteiger charge is 2.24. The van der Waals surface area contributed by atoms with Gasteiger partial charge in [0.05, 0.1) is 27.9 Å². The minimum absolute atomic E-state index is 0.0975. The van der Waals surface area contributed by atoms with Crippen LogP contribution in [0.15, 0.2) is 75.1 Å². The van der Waals surface area contributed by atoms with Crippen LogP contribution in [0, 0.1) is 0 Å².